The lowest BCUT2D eigenvalue weighted by Gasteiger charge is -2.18. The van der Waals surface area contributed by atoms with E-state index in [0.29, 0.717) is 19.3 Å². The first-order valence-electron chi connectivity index (χ1n) is 25.3. The Kier molecular flexibility index (Phi) is 42.7. The molecule has 57 heavy (non-hydrogen) atoms. The largest absolute Gasteiger partial charge is 0.462 e. The van der Waals surface area contributed by atoms with Crippen molar-refractivity contribution in [3.05, 3.63) is 0 Å². The predicted octanol–water partition coefficient (Wildman–Crippen LogP) is 16.1. The van der Waals surface area contributed by atoms with Crippen LogP contribution in [0.4, 0.5) is 0 Å². The lowest BCUT2D eigenvalue weighted by atomic mass is 9.99. The number of hydrogen-bond donors (Lipinski definition) is 0. The van der Waals surface area contributed by atoms with Crippen LogP contribution in [0.3, 0.4) is 0 Å². The molecule has 6 heteroatoms. The van der Waals surface area contributed by atoms with Gasteiger partial charge in [-0.15, -0.1) is 0 Å². The van der Waals surface area contributed by atoms with E-state index in [9.17, 15) is 14.4 Å². The summed E-state index contributed by atoms with van der Waals surface area (Å²) in [5.74, 6) is 0.835. The van der Waals surface area contributed by atoms with Gasteiger partial charge in [-0.25, -0.2) is 0 Å². The predicted molar refractivity (Wildman–Crippen MR) is 243 cm³/mol. The van der Waals surface area contributed by atoms with Gasteiger partial charge in [0.1, 0.15) is 13.2 Å². The van der Waals surface area contributed by atoms with Gasteiger partial charge < -0.3 is 14.2 Å². The monoisotopic (exact) mass is 807 g/mol. The first kappa shape index (κ1) is 55.4. The van der Waals surface area contributed by atoms with Gasteiger partial charge in [-0.3, -0.25) is 14.4 Å². The van der Waals surface area contributed by atoms with Gasteiger partial charge >= 0.3 is 17.9 Å². The van der Waals surface area contributed by atoms with Gasteiger partial charge in [-0.1, -0.05) is 240 Å². The molecule has 0 heterocycles. The maximum Gasteiger partial charge on any atom is 0.306 e. The van der Waals surface area contributed by atoms with Gasteiger partial charge in [0.05, 0.1) is 0 Å². The molecule has 0 radical (unpaired) electrons. The van der Waals surface area contributed by atoms with Crippen LogP contribution in [0.25, 0.3) is 0 Å². The van der Waals surface area contributed by atoms with Crippen LogP contribution in [-0.2, 0) is 28.6 Å². The molecular formula is C51H98O6. The lowest BCUT2D eigenvalue weighted by Crippen LogP contribution is -2.30. The normalized spacial score (nSPS) is 12.5. The summed E-state index contributed by atoms with van der Waals surface area (Å²) in [5, 5.41) is 0. The van der Waals surface area contributed by atoms with Crippen molar-refractivity contribution in [1.29, 1.82) is 0 Å². The van der Waals surface area contributed by atoms with E-state index in [4.69, 9.17) is 14.2 Å². The van der Waals surface area contributed by atoms with E-state index in [1.165, 1.54) is 167 Å². The van der Waals surface area contributed by atoms with E-state index in [0.717, 1.165) is 69.6 Å². The fraction of sp³-hybridized carbons (Fsp3) is 0.941. The third-order valence-electron chi connectivity index (χ3n) is 11.8. The van der Waals surface area contributed by atoms with Crippen molar-refractivity contribution >= 4 is 17.9 Å². The first-order valence-corrected chi connectivity index (χ1v) is 25.3. The average molecular weight is 807 g/mol. The summed E-state index contributed by atoms with van der Waals surface area (Å²) in [6, 6.07) is 0. The molecule has 0 spiro atoms. The van der Waals surface area contributed by atoms with E-state index < -0.39 is 6.10 Å². The lowest BCUT2D eigenvalue weighted by molar-refractivity contribution is -0.167. The Morgan fingerprint density at radius 3 is 1.00 bits per heavy atom. The van der Waals surface area contributed by atoms with E-state index in [1.807, 2.05) is 0 Å². The zero-order chi connectivity index (χ0) is 41.9. The molecule has 0 aliphatic rings. The van der Waals surface area contributed by atoms with Gasteiger partial charge in [-0.05, 0) is 31.1 Å². The quantitative estimate of drug-likeness (QED) is 0.0346. The fourth-order valence-corrected chi connectivity index (χ4v) is 7.60. The van der Waals surface area contributed by atoms with Crippen molar-refractivity contribution in [2.24, 2.45) is 11.8 Å². The van der Waals surface area contributed by atoms with Gasteiger partial charge in [0.15, 0.2) is 6.10 Å². The zero-order valence-corrected chi connectivity index (χ0v) is 39.0. The molecule has 338 valence electrons. The fourth-order valence-electron chi connectivity index (χ4n) is 7.60. The summed E-state index contributed by atoms with van der Waals surface area (Å²) < 4.78 is 16.8. The minimum Gasteiger partial charge on any atom is -0.462 e. The molecule has 0 saturated carbocycles. The highest BCUT2D eigenvalue weighted by Crippen LogP contribution is 2.18. The van der Waals surface area contributed by atoms with Crippen molar-refractivity contribution in [3.8, 4) is 0 Å². The van der Waals surface area contributed by atoms with Gasteiger partial charge in [0, 0.05) is 19.3 Å². The standard InChI is InChI=1S/C51H98O6/c1-6-8-9-10-11-12-13-14-21-26-31-36-41-49(52)55-44-48(57-51(54)43-38-33-28-23-17-15-19-24-29-34-39-46(3)4)45-56-50(53)42-37-32-27-22-18-16-20-25-30-35-40-47(5)7-2/h46-48H,6-45H2,1-5H3/t47?,48-/m0/s1. The highest BCUT2D eigenvalue weighted by atomic mass is 16.6. The van der Waals surface area contributed by atoms with Crippen LogP contribution >= 0.6 is 0 Å². The number of hydrogen-bond acceptors (Lipinski definition) is 6. The van der Waals surface area contributed by atoms with Gasteiger partial charge in [0.2, 0.25) is 0 Å². The molecule has 0 amide bonds. The molecule has 0 fully saturated rings. The van der Waals surface area contributed by atoms with Crippen molar-refractivity contribution in [2.75, 3.05) is 13.2 Å². The highest BCUT2D eigenvalue weighted by molar-refractivity contribution is 5.71. The SMILES string of the molecule is CCCCCCCCCCCCCCC(=O)OC[C@@H](COC(=O)CCCCCCCCCCCCC(C)CC)OC(=O)CCCCCCCCCCCCC(C)C. The third kappa shape index (κ3) is 43.8. The van der Waals surface area contributed by atoms with Crippen LogP contribution in [-0.4, -0.2) is 37.2 Å². The van der Waals surface area contributed by atoms with Crippen molar-refractivity contribution in [2.45, 2.75) is 285 Å². The minimum atomic E-state index is -0.761. The van der Waals surface area contributed by atoms with Crippen LogP contribution in [0.2, 0.25) is 0 Å². The second kappa shape index (κ2) is 44.0. The molecule has 6 nitrogen and oxygen atoms in total. The molecule has 0 N–H and O–H groups in total. The number of esters is 3. The van der Waals surface area contributed by atoms with Crippen molar-refractivity contribution in [3.63, 3.8) is 0 Å². The summed E-state index contributed by atoms with van der Waals surface area (Å²) in [4.78, 5) is 37.9. The summed E-state index contributed by atoms with van der Waals surface area (Å²) in [5.41, 5.74) is 0. The van der Waals surface area contributed by atoms with E-state index in [2.05, 4.69) is 34.6 Å². The van der Waals surface area contributed by atoms with E-state index >= 15 is 0 Å². The molecule has 0 rings (SSSR count). The Hall–Kier alpha value is -1.59. The topological polar surface area (TPSA) is 78.9 Å². The molecule has 0 aliphatic carbocycles. The third-order valence-corrected chi connectivity index (χ3v) is 11.8. The molecule has 0 saturated heterocycles. The Morgan fingerprint density at radius 2 is 0.667 bits per heavy atom. The van der Waals surface area contributed by atoms with Crippen LogP contribution in [0, 0.1) is 11.8 Å². The second-order valence-electron chi connectivity index (χ2n) is 18.2. The van der Waals surface area contributed by atoms with Gasteiger partial charge in [0.25, 0.3) is 0 Å². The Morgan fingerprint density at radius 1 is 0.368 bits per heavy atom. The number of ether oxygens (including phenoxy) is 3. The second-order valence-corrected chi connectivity index (χ2v) is 18.2. The molecule has 0 bridgehead atoms. The summed E-state index contributed by atoms with van der Waals surface area (Å²) in [6.45, 7) is 11.4. The summed E-state index contributed by atoms with van der Waals surface area (Å²) >= 11 is 0. The maximum absolute atomic E-state index is 12.8. The molecule has 0 aliphatic heterocycles. The number of carbonyl (C=O) groups excluding carboxylic acids is 3. The van der Waals surface area contributed by atoms with E-state index in [1.54, 1.807) is 0 Å². The van der Waals surface area contributed by atoms with Crippen molar-refractivity contribution < 1.29 is 28.6 Å². The molecule has 2 atom stereocenters. The Bertz CT molecular complexity index is 872. The van der Waals surface area contributed by atoms with Crippen LogP contribution < -0.4 is 0 Å². The number of rotatable bonds is 45. The minimum absolute atomic E-state index is 0.0640. The molecular weight excluding hydrogens is 709 g/mol. The Balaban J connectivity index is 4.33. The van der Waals surface area contributed by atoms with Crippen LogP contribution in [0.5, 0.6) is 0 Å². The number of unbranched alkanes of at least 4 members (excludes halogenated alkanes) is 29. The molecule has 0 aromatic rings. The molecule has 1 unspecified atom stereocenters. The van der Waals surface area contributed by atoms with Crippen molar-refractivity contribution in [1.82, 2.24) is 0 Å². The maximum atomic E-state index is 12.8. The first-order chi connectivity index (χ1) is 27.8. The Labute approximate surface area is 355 Å². The summed E-state index contributed by atoms with van der Waals surface area (Å²) in [7, 11) is 0. The average Bonchev–Trinajstić information content (AvgIpc) is 3.19. The van der Waals surface area contributed by atoms with Gasteiger partial charge in [-0.2, -0.15) is 0 Å². The number of carbonyl (C=O) groups is 3. The highest BCUT2D eigenvalue weighted by Gasteiger charge is 2.19. The van der Waals surface area contributed by atoms with Crippen LogP contribution in [0.15, 0.2) is 0 Å². The smallest absolute Gasteiger partial charge is 0.306 e. The zero-order valence-electron chi connectivity index (χ0n) is 39.0. The summed E-state index contributed by atoms with van der Waals surface area (Å²) in [6.07, 6.45) is 43.6. The molecule has 0 aromatic carbocycles. The van der Waals surface area contributed by atoms with Crippen LogP contribution in [0.1, 0.15) is 279 Å². The van der Waals surface area contributed by atoms with E-state index in [-0.39, 0.29) is 31.1 Å². The molecule has 0 aromatic heterocycles.